The molecule has 0 N–H and O–H groups in total. The fourth-order valence-corrected chi connectivity index (χ4v) is 2.51. The topological polar surface area (TPSA) is 0 Å². The molecule has 0 fully saturated rings. The monoisotopic (exact) mass is 222 g/mol. The number of halogens is 4. The van der Waals surface area contributed by atoms with Crippen LogP contribution in [0.25, 0.3) is 0 Å². The minimum absolute atomic E-state index is 0.470. The Bertz CT molecular complexity index is 116. The van der Waals surface area contributed by atoms with Crippen LogP contribution in [0.4, 0.5) is 0 Å². The van der Waals surface area contributed by atoms with Crippen LogP contribution in [0.2, 0.25) is 0 Å². The van der Waals surface area contributed by atoms with Crippen molar-refractivity contribution in [3.8, 4) is 0 Å². The molecule has 0 spiro atoms. The summed E-state index contributed by atoms with van der Waals surface area (Å²) in [5.41, 5.74) is 0.711. The van der Waals surface area contributed by atoms with E-state index in [4.69, 9.17) is 44.8 Å². The number of alkyl halides is 1. The third kappa shape index (κ3) is 3.74. The summed E-state index contributed by atoms with van der Waals surface area (Å²) in [6.45, 7) is 5.31. The van der Waals surface area contributed by atoms with Gasteiger partial charge in [0.05, 0.1) is 5.00 Å². The SMILES string of the molecule is C=C(C)C(Cl)[Si](Cl)(Cl)Cl. The largest absolute Gasteiger partial charge is 0.362 e. The van der Waals surface area contributed by atoms with Crippen molar-refractivity contribution in [1.82, 2.24) is 0 Å². The number of rotatable bonds is 2. The normalized spacial score (nSPS) is 15.2. The Hall–Kier alpha value is 1.12. The molecule has 0 heterocycles. The first-order chi connectivity index (χ1) is 3.85. The molecule has 0 aliphatic carbocycles. The van der Waals surface area contributed by atoms with Crippen molar-refractivity contribution in [3.05, 3.63) is 12.2 Å². The molecule has 5 heteroatoms. The van der Waals surface area contributed by atoms with Gasteiger partial charge >= 0.3 is 6.00 Å². The van der Waals surface area contributed by atoms with Crippen LogP contribution >= 0.6 is 44.8 Å². The van der Waals surface area contributed by atoms with Gasteiger partial charge in [-0.2, -0.15) is 0 Å². The van der Waals surface area contributed by atoms with E-state index in [1.807, 2.05) is 0 Å². The molecule has 0 radical (unpaired) electrons. The lowest BCUT2D eigenvalue weighted by Crippen LogP contribution is -2.26. The van der Waals surface area contributed by atoms with Crippen LogP contribution in [0.15, 0.2) is 12.2 Å². The van der Waals surface area contributed by atoms with Crippen LogP contribution in [-0.2, 0) is 0 Å². The van der Waals surface area contributed by atoms with Gasteiger partial charge in [0.1, 0.15) is 0 Å². The second-order valence-corrected chi connectivity index (χ2v) is 11.3. The molecule has 0 aromatic heterocycles. The Kier molecular flexibility index (Phi) is 3.92. The average molecular weight is 224 g/mol. The van der Waals surface area contributed by atoms with Crippen molar-refractivity contribution >= 4 is 50.8 Å². The summed E-state index contributed by atoms with van der Waals surface area (Å²) in [6.07, 6.45) is 0. The van der Waals surface area contributed by atoms with E-state index in [0.717, 1.165) is 0 Å². The van der Waals surface area contributed by atoms with Gasteiger partial charge in [0.25, 0.3) is 0 Å². The molecule has 0 aromatic rings. The number of hydrogen-bond donors (Lipinski definition) is 0. The molecule has 0 saturated carbocycles. The highest BCUT2D eigenvalue weighted by Gasteiger charge is 2.35. The van der Waals surface area contributed by atoms with E-state index in [9.17, 15) is 0 Å². The minimum Gasteiger partial charge on any atom is -0.124 e. The van der Waals surface area contributed by atoms with Crippen LogP contribution in [0, 0.1) is 0 Å². The maximum absolute atomic E-state index is 5.66. The van der Waals surface area contributed by atoms with Crippen molar-refractivity contribution < 1.29 is 0 Å². The number of allylic oxidation sites excluding steroid dienone is 1. The van der Waals surface area contributed by atoms with Gasteiger partial charge < -0.3 is 0 Å². The van der Waals surface area contributed by atoms with Gasteiger partial charge in [-0.15, -0.1) is 44.8 Å². The fourth-order valence-electron chi connectivity index (χ4n) is 0.279. The highest BCUT2D eigenvalue weighted by Crippen LogP contribution is 2.31. The molecule has 9 heavy (non-hydrogen) atoms. The standard InChI is InChI=1S/C4H6Cl4Si/c1-3(2)4(5)9(6,7)8/h4H,1H2,2H3. The smallest absolute Gasteiger partial charge is 0.124 e. The van der Waals surface area contributed by atoms with Crippen molar-refractivity contribution in [2.75, 3.05) is 0 Å². The van der Waals surface area contributed by atoms with Crippen LogP contribution in [0.1, 0.15) is 6.92 Å². The molecule has 1 atom stereocenters. The molecule has 1 unspecified atom stereocenters. The first-order valence-electron chi connectivity index (χ1n) is 2.22. The third-order valence-corrected chi connectivity index (χ3v) is 6.11. The zero-order valence-corrected chi connectivity index (χ0v) is 8.82. The fraction of sp³-hybridized carbons (Fsp3) is 0.500. The first-order valence-corrected chi connectivity index (χ1v) is 7.77. The van der Waals surface area contributed by atoms with Gasteiger partial charge in [0.15, 0.2) is 0 Å². The summed E-state index contributed by atoms with van der Waals surface area (Å²) in [5.74, 6) is 0. The lowest BCUT2D eigenvalue weighted by atomic mass is 10.4. The van der Waals surface area contributed by atoms with E-state index in [1.165, 1.54) is 0 Å². The van der Waals surface area contributed by atoms with Gasteiger partial charge in [0.2, 0.25) is 0 Å². The second kappa shape index (κ2) is 3.49. The van der Waals surface area contributed by atoms with E-state index in [0.29, 0.717) is 5.57 Å². The van der Waals surface area contributed by atoms with Crippen molar-refractivity contribution in [1.29, 1.82) is 0 Å². The van der Waals surface area contributed by atoms with Gasteiger partial charge in [-0.25, -0.2) is 0 Å². The maximum atomic E-state index is 5.66. The molecule has 0 amide bonds. The Morgan fingerprint density at radius 1 is 1.44 bits per heavy atom. The highest BCUT2D eigenvalue weighted by molar-refractivity contribution is 7.66. The lowest BCUT2D eigenvalue weighted by molar-refractivity contribution is 1.33. The molecule has 0 bridgehead atoms. The van der Waals surface area contributed by atoms with Crippen LogP contribution in [-0.4, -0.2) is 11.0 Å². The average Bonchev–Trinajstić information content (AvgIpc) is 1.62. The summed E-state index contributed by atoms with van der Waals surface area (Å²) < 4.78 is 0. The van der Waals surface area contributed by atoms with E-state index >= 15 is 0 Å². The molecular weight excluding hydrogens is 218 g/mol. The molecule has 54 valence electrons. The zero-order valence-electron chi connectivity index (χ0n) is 4.80. The van der Waals surface area contributed by atoms with E-state index in [-0.39, 0.29) is 0 Å². The molecule has 0 rings (SSSR count). The van der Waals surface area contributed by atoms with Crippen molar-refractivity contribution in [2.24, 2.45) is 0 Å². The van der Waals surface area contributed by atoms with Crippen LogP contribution < -0.4 is 0 Å². The quantitative estimate of drug-likeness (QED) is 0.292. The summed E-state index contributed by atoms with van der Waals surface area (Å²) in [4.78, 5) is 0. The lowest BCUT2D eigenvalue weighted by Gasteiger charge is -2.14. The van der Waals surface area contributed by atoms with E-state index in [2.05, 4.69) is 6.58 Å². The maximum Gasteiger partial charge on any atom is 0.362 e. The van der Waals surface area contributed by atoms with Crippen molar-refractivity contribution in [3.63, 3.8) is 0 Å². The Morgan fingerprint density at radius 3 is 1.78 bits per heavy atom. The Balaban J connectivity index is 4.04. The van der Waals surface area contributed by atoms with Gasteiger partial charge in [-0.1, -0.05) is 12.2 Å². The van der Waals surface area contributed by atoms with E-state index in [1.54, 1.807) is 6.92 Å². The minimum atomic E-state index is -2.74. The Morgan fingerprint density at radius 2 is 1.78 bits per heavy atom. The predicted octanol–water partition coefficient (Wildman–Crippen LogP) is 3.36. The van der Waals surface area contributed by atoms with Crippen LogP contribution in [0.5, 0.6) is 0 Å². The molecule has 0 saturated heterocycles. The number of hydrogen-bond acceptors (Lipinski definition) is 0. The summed E-state index contributed by atoms with van der Waals surface area (Å²) >= 11 is 22.3. The summed E-state index contributed by atoms with van der Waals surface area (Å²) in [6, 6.07) is -2.74. The van der Waals surface area contributed by atoms with E-state index < -0.39 is 11.0 Å². The van der Waals surface area contributed by atoms with Crippen LogP contribution in [0.3, 0.4) is 0 Å². The van der Waals surface area contributed by atoms with Crippen molar-refractivity contribution in [2.45, 2.75) is 11.9 Å². The van der Waals surface area contributed by atoms with Gasteiger partial charge in [0, 0.05) is 0 Å². The second-order valence-electron chi connectivity index (χ2n) is 1.75. The summed E-state index contributed by atoms with van der Waals surface area (Å²) in [5, 5.41) is -0.470. The molecule has 0 aromatic carbocycles. The third-order valence-electron chi connectivity index (χ3n) is 0.720. The van der Waals surface area contributed by atoms with Gasteiger partial charge in [-0.05, 0) is 6.92 Å². The molecule has 0 aliphatic heterocycles. The molecular formula is C4H6Cl4Si. The highest BCUT2D eigenvalue weighted by atomic mass is 35.8. The molecule has 0 aliphatic rings. The predicted molar refractivity (Wildman–Crippen MR) is 47.8 cm³/mol. The van der Waals surface area contributed by atoms with Gasteiger partial charge in [-0.3, -0.25) is 0 Å². The molecule has 0 nitrogen and oxygen atoms in total. The summed E-state index contributed by atoms with van der Waals surface area (Å²) in [7, 11) is 0. The zero-order chi connectivity index (χ0) is 7.65. The Labute approximate surface area is 74.9 Å². The first kappa shape index (κ1) is 10.1.